The second kappa shape index (κ2) is 15.2. The van der Waals surface area contributed by atoms with Gasteiger partial charge in [-0.25, -0.2) is 9.59 Å². The molecule has 0 bridgehead atoms. The number of rotatable bonds is 13. The molecule has 0 saturated carbocycles. The molecular formula is C28H37N3O6. The highest BCUT2D eigenvalue weighted by Crippen LogP contribution is 2.24. The van der Waals surface area contributed by atoms with E-state index in [1.807, 2.05) is 30.3 Å². The summed E-state index contributed by atoms with van der Waals surface area (Å²) in [7, 11) is 0. The first-order chi connectivity index (χ1) is 17.7. The van der Waals surface area contributed by atoms with Gasteiger partial charge < -0.3 is 30.2 Å². The van der Waals surface area contributed by atoms with Crippen molar-refractivity contribution in [1.29, 1.82) is 0 Å². The SMILES string of the molecule is C=CCOc1ccccc1NC(=O)[C@H](CCCCNC(=O)OCc1ccccc1)NC(=O)OC(C)(C)C. The molecule has 0 aliphatic carbocycles. The van der Waals surface area contributed by atoms with E-state index in [2.05, 4.69) is 22.5 Å². The van der Waals surface area contributed by atoms with Crippen molar-refractivity contribution in [3.05, 3.63) is 72.8 Å². The van der Waals surface area contributed by atoms with E-state index in [4.69, 9.17) is 14.2 Å². The maximum absolute atomic E-state index is 13.1. The lowest BCUT2D eigenvalue weighted by Gasteiger charge is -2.23. The Morgan fingerprint density at radius 2 is 1.68 bits per heavy atom. The summed E-state index contributed by atoms with van der Waals surface area (Å²) >= 11 is 0. The molecule has 37 heavy (non-hydrogen) atoms. The Labute approximate surface area is 218 Å². The Balaban J connectivity index is 1.88. The van der Waals surface area contributed by atoms with Crippen molar-refractivity contribution >= 4 is 23.8 Å². The third kappa shape index (κ3) is 12.0. The van der Waals surface area contributed by atoms with Gasteiger partial charge in [-0.1, -0.05) is 55.1 Å². The van der Waals surface area contributed by atoms with Crippen LogP contribution in [0, 0.1) is 0 Å². The Hall–Kier alpha value is -4.01. The molecule has 0 unspecified atom stereocenters. The van der Waals surface area contributed by atoms with Gasteiger partial charge in [0, 0.05) is 6.54 Å². The van der Waals surface area contributed by atoms with Gasteiger partial charge in [-0.05, 0) is 57.7 Å². The van der Waals surface area contributed by atoms with Crippen LogP contribution in [0.1, 0.15) is 45.6 Å². The van der Waals surface area contributed by atoms with Crippen molar-refractivity contribution in [2.45, 2.75) is 58.3 Å². The van der Waals surface area contributed by atoms with Crippen LogP contribution in [0.15, 0.2) is 67.3 Å². The summed E-state index contributed by atoms with van der Waals surface area (Å²) in [6.45, 7) is 9.71. The summed E-state index contributed by atoms with van der Waals surface area (Å²) < 4.78 is 16.1. The van der Waals surface area contributed by atoms with Gasteiger partial charge in [-0.15, -0.1) is 0 Å². The predicted molar refractivity (Wildman–Crippen MR) is 142 cm³/mol. The monoisotopic (exact) mass is 511 g/mol. The van der Waals surface area contributed by atoms with Crippen LogP contribution in [0.5, 0.6) is 5.75 Å². The van der Waals surface area contributed by atoms with Crippen LogP contribution < -0.4 is 20.7 Å². The molecule has 0 radical (unpaired) electrons. The fourth-order valence-electron chi connectivity index (χ4n) is 3.22. The van der Waals surface area contributed by atoms with Crippen LogP contribution in [0.2, 0.25) is 0 Å². The molecule has 0 spiro atoms. The molecule has 9 heteroatoms. The zero-order valence-electron chi connectivity index (χ0n) is 21.8. The highest BCUT2D eigenvalue weighted by Gasteiger charge is 2.25. The summed E-state index contributed by atoms with van der Waals surface area (Å²) in [5.74, 6) is 0.0840. The van der Waals surface area contributed by atoms with Crippen LogP contribution in [0.4, 0.5) is 15.3 Å². The van der Waals surface area contributed by atoms with Crippen molar-refractivity contribution in [2.75, 3.05) is 18.5 Å². The number of nitrogens with one attached hydrogen (secondary N) is 3. The van der Waals surface area contributed by atoms with Crippen molar-refractivity contribution in [1.82, 2.24) is 10.6 Å². The molecule has 1 atom stereocenters. The molecule has 0 heterocycles. The van der Waals surface area contributed by atoms with Crippen molar-refractivity contribution < 1.29 is 28.6 Å². The van der Waals surface area contributed by atoms with Gasteiger partial charge in [0.25, 0.3) is 0 Å². The molecule has 0 aliphatic heterocycles. The zero-order chi connectivity index (χ0) is 27.1. The Morgan fingerprint density at radius 1 is 0.973 bits per heavy atom. The van der Waals surface area contributed by atoms with Crippen LogP contribution in [-0.2, 0) is 20.9 Å². The van der Waals surface area contributed by atoms with E-state index >= 15 is 0 Å². The second-order valence-electron chi connectivity index (χ2n) is 9.27. The van der Waals surface area contributed by atoms with Crippen molar-refractivity contribution in [3.63, 3.8) is 0 Å². The first-order valence-corrected chi connectivity index (χ1v) is 12.3. The quantitative estimate of drug-likeness (QED) is 0.252. The molecule has 0 aliphatic rings. The standard InChI is InChI=1S/C28H37N3O6/c1-5-19-35-24-17-10-9-15-22(24)30-25(32)23(31-27(34)37-28(2,3)4)16-11-12-18-29-26(33)36-20-21-13-7-6-8-14-21/h5-10,13-15,17,23H,1,11-12,16,18-20H2,2-4H3,(H,29,33)(H,30,32)(H,31,34)/t23-/m0/s1. The van der Waals surface area contributed by atoms with Gasteiger partial charge in [0.2, 0.25) is 5.91 Å². The maximum Gasteiger partial charge on any atom is 0.408 e. The number of hydrogen-bond acceptors (Lipinski definition) is 6. The molecule has 2 rings (SSSR count). The van der Waals surface area contributed by atoms with E-state index in [1.54, 1.807) is 51.1 Å². The van der Waals surface area contributed by atoms with E-state index in [0.29, 0.717) is 37.2 Å². The van der Waals surface area contributed by atoms with E-state index in [1.165, 1.54) is 0 Å². The van der Waals surface area contributed by atoms with Crippen LogP contribution >= 0.6 is 0 Å². The van der Waals surface area contributed by atoms with Gasteiger partial charge in [0.1, 0.15) is 30.6 Å². The average molecular weight is 512 g/mol. The van der Waals surface area contributed by atoms with E-state index in [0.717, 1.165) is 5.56 Å². The maximum atomic E-state index is 13.1. The lowest BCUT2D eigenvalue weighted by atomic mass is 10.1. The van der Waals surface area contributed by atoms with Gasteiger partial charge >= 0.3 is 12.2 Å². The molecular weight excluding hydrogens is 474 g/mol. The largest absolute Gasteiger partial charge is 0.487 e. The van der Waals surface area contributed by atoms with Gasteiger partial charge in [-0.3, -0.25) is 4.79 Å². The van der Waals surface area contributed by atoms with Crippen LogP contribution in [-0.4, -0.2) is 42.9 Å². The third-order valence-electron chi connectivity index (χ3n) is 4.91. The fraction of sp³-hybridized carbons (Fsp3) is 0.393. The Bertz CT molecular complexity index is 1020. The highest BCUT2D eigenvalue weighted by atomic mass is 16.6. The van der Waals surface area contributed by atoms with Crippen LogP contribution in [0.25, 0.3) is 0 Å². The molecule has 9 nitrogen and oxygen atoms in total. The van der Waals surface area contributed by atoms with Crippen LogP contribution in [0.3, 0.4) is 0 Å². The van der Waals surface area contributed by atoms with Gasteiger partial charge in [0.05, 0.1) is 5.69 Å². The zero-order valence-corrected chi connectivity index (χ0v) is 21.8. The normalized spacial score (nSPS) is 11.5. The summed E-state index contributed by atoms with van der Waals surface area (Å²) in [5.41, 5.74) is 0.671. The van der Waals surface area contributed by atoms with E-state index < -0.39 is 29.7 Å². The lowest BCUT2D eigenvalue weighted by Crippen LogP contribution is -2.45. The number of hydrogen-bond donors (Lipinski definition) is 3. The highest BCUT2D eigenvalue weighted by molar-refractivity contribution is 5.97. The predicted octanol–water partition coefficient (Wildman–Crippen LogP) is 5.18. The molecule has 2 aromatic carbocycles. The fourth-order valence-corrected chi connectivity index (χ4v) is 3.22. The minimum atomic E-state index is -0.854. The number of anilines is 1. The van der Waals surface area contributed by atoms with Gasteiger partial charge in [0.15, 0.2) is 0 Å². The van der Waals surface area contributed by atoms with Crippen molar-refractivity contribution in [3.8, 4) is 5.75 Å². The molecule has 3 amide bonds. The summed E-state index contributed by atoms with van der Waals surface area (Å²) in [6, 6.07) is 15.6. The minimum Gasteiger partial charge on any atom is -0.487 e. The average Bonchev–Trinajstić information content (AvgIpc) is 2.85. The number of ether oxygens (including phenoxy) is 3. The number of amides is 3. The summed E-state index contributed by atoms with van der Waals surface area (Å²) in [4.78, 5) is 37.4. The topological polar surface area (TPSA) is 115 Å². The number of unbranched alkanes of at least 4 members (excludes halogenated alkanes) is 1. The molecule has 200 valence electrons. The molecule has 3 N–H and O–H groups in total. The number of alkyl carbamates (subject to hydrolysis) is 2. The summed E-state index contributed by atoms with van der Waals surface area (Å²) in [5, 5.41) is 8.17. The van der Waals surface area contributed by atoms with Gasteiger partial charge in [-0.2, -0.15) is 0 Å². The third-order valence-corrected chi connectivity index (χ3v) is 4.91. The number of carbonyl (C=O) groups excluding carboxylic acids is 3. The molecule has 0 fully saturated rings. The molecule has 0 aromatic heterocycles. The number of para-hydroxylation sites is 2. The van der Waals surface area contributed by atoms with E-state index in [9.17, 15) is 14.4 Å². The first-order valence-electron chi connectivity index (χ1n) is 12.3. The lowest BCUT2D eigenvalue weighted by molar-refractivity contribution is -0.118. The molecule has 2 aromatic rings. The Morgan fingerprint density at radius 3 is 2.38 bits per heavy atom. The first kappa shape index (κ1) is 29.2. The smallest absolute Gasteiger partial charge is 0.408 e. The summed E-state index contributed by atoms with van der Waals surface area (Å²) in [6.07, 6.45) is 1.88. The van der Waals surface area contributed by atoms with E-state index in [-0.39, 0.29) is 13.2 Å². The minimum absolute atomic E-state index is 0.187. The van der Waals surface area contributed by atoms with Crippen molar-refractivity contribution in [2.24, 2.45) is 0 Å². The number of carbonyl (C=O) groups is 3. The number of benzene rings is 2. The Kier molecular flexibility index (Phi) is 12.0. The second-order valence-corrected chi connectivity index (χ2v) is 9.27. The molecule has 0 saturated heterocycles.